The summed E-state index contributed by atoms with van der Waals surface area (Å²) in [4.78, 5) is 14.8. The Morgan fingerprint density at radius 1 is 1.64 bits per heavy atom. The lowest BCUT2D eigenvalue weighted by Gasteiger charge is -2.20. The molecule has 2 rings (SSSR count). The molecular weight excluding hydrogens is 184 g/mol. The molecule has 5 heteroatoms. The Morgan fingerprint density at radius 3 is 3.00 bits per heavy atom. The summed E-state index contributed by atoms with van der Waals surface area (Å²) in [7, 11) is 0. The largest absolute Gasteiger partial charge is 0.476 e. The predicted octanol–water partition coefficient (Wildman–Crippen LogP) is 0.197. The van der Waals surface area contributed by atoms with Crippen molar-refractivity contribution in [1.82, 2.24) is 9.55 Å². The average molecular weight is 196 g/mol. The molecule has 0 bridgehead atoms. The maximum absolute atomic E-state index is 10.8. The van der Waals surface area contributed by atoms with Gasteiger partial charge >= 0.3 is 5.97 Å². The van der Waals surface area contributed by atoms with E-state index in [9.17, 15) is 9.90 Å². The number of aliphatic hydroxyl groups is 1. The van der Waals surface area contributed by atoms with Crippen LogP contribution in [0.15, 0.2) is 0 Å². The zero-order chi connectivity index (χ0) is 10.3. The van der Waals surface area contributed by atoms with Crippen LogP contribution in [-0.4, -0.2) is 31.8 Å². The van der Waals surface area contributed by atoms with Gasteiger partial charge in [0.05, 0.1) is 11.8 Å². The van der Waals surface area contributed by atoms with Crippen molar-refractivity contribution in [3.63, 3.8) is 0 Å². The number of aromatic nitrogens is 2. The third kappa shape index (κ3) is 1.29. The normalized spacial score (nSPS) is 20.6. The van der Waals surface area contributed by atoms with Crippen molar-refractivity contribution >= 4 is 5.97 Å². The number of hydrogen-bond acceptors (Lipinski definition) is 3. The third-order valence-corrected chi connectivity index (χ3v) is 2.58. The molecule has 0 aromatic carbocycles. The van der Waals surface area contributed by atoms with Crippen LogP contribution >= 0.6 is 0 Å². The van der Waals surface area contributed by atoms with E-state index >= 15 is 0 Å². The van der Waals surface area contributed by atoms with Crippen LogP contribution in [0.2, 0.25) is 0 Å². The highest BCUT2D eigenvalue weighted by molar-refractivity contribution is 5.87. The lowest BCUT2D eigenvalue weighted by Crippen LogP contribution is -2.24. The highest BCUT2D eigenvalue weighted by atomic mass is 16.4. The summed E-state index contributed by atoms with van der Waals surface area (Å²) in [6.45, 7) is 2.44. The molecule has 14 heavy (non-hydrogen) atoms. The van der Waals surface area contributed by atoms with Gasteiger partial charge in [-0.15, -0.1) is 0 Å². The average Bonchev–Trinajstić information content (AvgIpc) is 2.43. The lowest BCUT2D eigenvalue weighted by molar-refractivity contribution is 0.0687. The molecule has 1 atom stereocenters. The van der Waals surface area contributed by atoms with Gasteiger partial charge < -0.3 is 14.8 Å². The number of imidazole rings is 1. The van der Waals surface area contributed by atoms with Gasteiger partial charge in [-0.25, -0.2) is 9.78 Å². The Hall–Kier alpha value is -1.36. The quantitative estimate of drug-likeness (QED) is 0.672. The lowest BCUT2D eigenvalue weighted by atomic mass is 10.1. The third-order valence-electron chi connectivity index (χ3n) is 2.58. The van der Waals surface area contributed by atoms with E-state index in [1.165, 1.54) is 0 Å². The van der Waals surface area contributed by atoms with Crippen molar-refractivity contribution in [2.45, 2.75) is 32.4 Å². The molecule has 0 saturated heterocycles. The van der Waals surface area contributed by atoms with Gasteiger partial charge in [0.1, 0.15) is 5.82 Å². The van der Waals surface area contributed by atoms with Crippen LogP contribution in [-0.2, 0) is 13.0 Å². The Bertz CT molecular complexity index is 384. The number of fused-ring (bicyclic) bond motifs is 1. The Morgan fingerprint density at radius 2 is 2.36 bits per heavy atom. The standard InChI is InChI=1S/C9H12N2O3/c1-5-10-8(9(13)14)7-4-6(12)2-3-11(5)7/h6,12H,2-4H2,1H3,(H,13,14). The number of carboxylic acid groups (broad SMARTS) is 1. The Kier molecular flexibility index (Phi) is 2.03. The van der Waals surface area contributed by atoms with Crippen LogP contribution in [0.3, 0.4) is 0 Å². The minimum absolute atomic E-state index is 0.0845. The Labute approximate surface area is 81.0 Å². The smallest absolute Gasteiger partial charge is 0.356 e. The first-order chi connectivity index (χ1) is 6.59. The Balaban J connectivity index is 2.50. The zero-order valence-electron chi connectivity index (χ0n) is 7.90. The highest BCUT2D eigenvalue weighted by Gasteiger charge is 2.25. The van der Waals surface area contributed by atoms with Gasteiger partial charge in [0, 0.05) is 13.0 Å². The number of aryl methyl sites for hydroxylation is 1. The maximum atomic E-state index is 10.8. The first-order valence-corrected chi connectivity index (χ1v) is 4.57. The molecular formula is C9H12N2O3. The summed E-state index contributed by atoms with van der Waals surface area (Å²) >= 11 is 0. The van der Waals surface area contributed by atoms with Crippen LogP contribution in [0.5, 0.6) is 0 Å². The molecule has 0 saturated carbocycles. The molecule has 1 unspecified atom stereocenters. The molecule has 0 spiro atoms. The molecule has 0 fully saturated rings. The van der Waals surface area contributed by atoms with E-state index in [1.807, 2.05) is 4.57 Å². The number of aromatic carboxylic acids is 1. The van der Waals surface area contributed by atoms with Crippen LogP contribution in [0.25, 0.3) is 0 Å². The van der Waals surface area contributed by atoms with Gasteiger partial charge in [-0.2, -0.15) is 0 Å². The summed E-state index contributed by atoms with van der Waals surface area (Å²) in [5, 5.41) is 18.3. The summed E-state index contributed by atoms with van der Waals surface area (Å²) in [5.41, 5.74) is 0.731. The molecule has 0 aliphatic carbocycles. The van der Waals surface area contributed by atoms with Crippen molar-refractivity contribution in [2.75, 3.05) is 0 Å². The summed E-state index contributed by atoms with van der Waals surface area (Å²) in [6, 6.07) is 0. The first kappa shape index (κ1) is 9.21. The van der Waals surface area contributed by atoms with Gasteiger partial charge in [0.25, 0.3) is 0 Å². The van der Waals surface area contributed by atoms with Gasteiger partial charge in [-0.05, 0) is 13.3 Å². The van der Waals surface area contributed by atoms with Crippen molar-refractivity contribution in [3.8, 4) is 0 Å². The van der Waals surface area contributed by atoms with Crippen LogP contribution in [0.4, 0.5) is 0 Å². The van der Waals surface area contributed by atoms with E-state index in [4.69, 9.17) is 5.11 Å². The number of aliphatic hydroxyl groups excluding tert-OH is 1. The summed E-state index contributed by atoms with van der Waals surface area (Å²) in [5.74, 6) is -0.305. The number of rotatable bonds is 1. The van der Waals surface area contributed by atoms with E-state index in [2.05, 4.69) is 4.98 Å². The monoisotopic (exact) mass is 196 g/mol. The minimum Gasteiger partial charge on any atom is -0.476 e. The van der Waals surface area contributed by atoms with Crippen LogP contribution < -0.4 is 0 Å². The molecule has 1 aromatic heterocycles. The molecule has 76 valence electrons. The molecule has 0 radical (unpaired) electrons. The molecule has 2 heterocycles. The fraction of sp³-hybridized carbons (Fsp3) is 0.556. The topological polar surface area (TPSA) is 75.3 Å². The molecule has 1 aliphatic heterocycles. The molecule has 1 aromatic rings. The van der Waals surface area contributed by atoms with Gasteiger partial charge in [-0.1, -0.05) is 0 Å². The zero-order valence-corrected chi connectivity index (χ0v) is 7.90. The van der Waals surface area contributed by atoms with E-state index in [0.29, 0.717) is 30.9 Å². The van der Waals surface area contributed by atoms with Gasteiger partial charge in [0.2, 0.25) is 0 Å². The van der Waals surface area contributed by atoms with Gasteiger partial charge in [0.15, 0.2) is 5.69 Å². The second-order valence-electron chi connectivity index (χ2n) is 3.56. The second-order valence-corrected chi connectivity index (χ2v) is 3.56. The van der Waals surface area contributed by atoms with Crippen LogP contribution in [0, 0.1) is 6.92 Å². The molecule has 2 N–H and O–H groups in total. The highest BCUT2D eigenvalue weighted by Crippen LogP contribution is 2.20. The van der Waals surface area contributed by atoms with E-state index in [1.54, 1.807) is 6.92 Å². The molecule has 1 aliphatic rings. The van der Waals surface area contributed by atoms with Gasteiger partial charge in [-0.3, -0.25) is 0 Å². The number of hydrogen-bond donors (Lipinski definition) is 2. The van der Waals surface area contributed by atoms with E-state index < -0.39 is 12.1 Å². The number of carbonyl (C=O) groups is 1. The fourth-order valence-corrected chi connectivity index (χ4v) is 1.89. The van der Waals surface area contributed by atoms with Crippen molar-refractivity contribution in [1.29, 1.82) is 0 Å². The number of nitrogens with zero attached hydrogens (tertiary/aromatic N) is 2. The van der Waals surface area contributed by atoms with Crippen molar-refractivity contribution in [3.05, 3.63) is 17.2 Å². The summed E-state index contributed by atoms with van der Waals surface area (Å²) < 4.78 is 1.87. The first-order valence-electron chi connectivity index (χ1n) is 4.57. The van der Waals surface area contributed by atoms with E-state index in [-0.39, 0.29) is 5.69 Å². The summed E-state index contributed by atoms with van der Waals surface area (Å²) in [6.07, 6.45) is 0.628. The maximum Gasteiger partial charge on any atom is 0.356 e. The van der Waals surface area contributed by atoms with Crippen LogP contribution in [0.1, 0.15) is 28.4 Å². The minimum atomic E-state index is -1.02. The predicted molar refractivity (Wildman–Crippen MR) is 48.3 cm³/mol. The fourth-order valence-electron chi connectivity index (χ4n) is 1.89. The van der Waals surface area contributed by atoms with E-state index in [0.717, 1.165) is 0 Å². The second kappa shape index (κ2) is 3.09. The number of carboxylic acids is 1. The SMILES string of the molecule is Cc1nc(C(=O)O)c2n1CCC(O)C2. The van der Waals surface area contributed by atoms with Crippen molar-refractivity contribution in [2.24, 2.45) is 0 Å². The van der Waals surface area contributed by atoms with Crippen molar-refractivity contribution < 1.29 is 15.0 Å². The molecule has 5 nitrogen and oxygen atoms in total. The molecule has 0 amide bonds.